The highest BCUT2D eigenvalue weighted by Gasteiger charge is 2.26. The Hall–Kier alpha value is -1.64. The Morgan fingerprint density at radius 2 is 2.00 bits per heavy atom. The van der Waals surface area contributed by atoms with E-state index in [4.69, 9.17) is 16.7 Å². The molecule has 0 heterocycles. The average Bonchev–Trinajstić information content (AvgIpc) is 2.36. The summed E-state index contributed by atoms with van der Waals surface area (Å²) >= 11 is 5.71. The van der Waals surface area contributed by atoms with Crippen LogP contribution >= 0.6 is 11.6 Å². The standard InChI is InChI=1S/C11H12ClNO6S/c1-6(10(14)15)13-20(17,18)9-4-3-7(12)5-8(9)11(16)19-2/h3-6,13H,1-2H3,(H,14,15)/t6-/m1/s1. The average molecular weight is 322 g/mol. The molecule has 1 aromatic rings. The van der Waals surface area contributed by atoms with Crippen LogP contribution in [0.3, 0.4) is 0 Å². The number of carbonyl (C=O) groups excluding carboxylic acids is 1. The van der Waals surface area contributed by atoms with Crippen molar-refractivity contribution in [3.05, 3.63) is 28.8 Å². The maximum atomic E-state index is 12.1. The lowest BCUT2D eigenvalue weighted by molar-refractivity contribution is -0.138. The van der Waals surface area contributed by atoms with Crippen molar-refractivity contribution in [3.63, 3.8) is 0 Å². The van der Waals surface area contributed by atoms with E-state index in [9.17, 15) is 18.0 Å². The van der Waals surface area contributed by atoms with E-state index >= 15 is 0 Å². The molecule has 2 N–H and O–H groups in total. The molecule has 110 valence electrons. The Morgan fingerprint density at radius 1 is 1.40 bits per heavy atom. The fourth-order valence-electron chi connectivity index (χ4n) is 1.35. The van der Waals surface area contributed by atoms with Crippen molar-refractivity contribution in [1.82, 2.24) is 4.72 Å². The first-order valence-electron chi connectivity index (χ1n) is 5.32. The number of aliphatic carboxylic acids is 1. The van der Waals surface area contributed by atoms with E-state index in [2.05, 4.69) is 4.74 Å². The molecule has 1 rings (SSSR count). The number of benzene rings is 1. The SMILES string of the molecule is COC(=O)c1cc(Cl)ccc1S(=O)(=O)N[C@H](C)C(=O)O. The Bertz CT molecular complexity index is 642. The van der Waals surface area contributed by atoms with Crippen LogP contribution in [0.1, 0.15) is 17.3 Å². The molecule has 0 unspecified atom stereocenters. The Balaban J connectivity index is 3.31. The predicted octanol–water partition coefficient (Wildman–Crippen LogP) is 0.878. The van der Waals surface area contributed by atoms with Crippen LogP contribution in [-0.4, -0.2) is 38.6 Å². The van der Waals surface area contributed by atoms with E-state index in [1.807, 2.05) is 4.72 Å². The number of esters is 1. The van der Waals surface area contributed by atoms with Crippen molar-refractivity contribution in [2.45, 2.75) is 17.9 Å². The van der Waals surface area contributed by atoms with Gasteiger partial charge in [-0.3, -0.25) is 4.79 Å². The number of ether oxygens (including phenoxy) is 1. The maximum Gasteiger partial charge on any atom is 0.339 e. The van der Waals surface area contributed by atoms with Crippen molar-refractivity contribution >= 4 is 33.6 Å². The predicted molar refractivity (Wildman–Crippen MR) is 70.2 cm³/mol. The molecule has 0 spiro atoms. The van der Waals surface area contributed by atoms with Crippen molar-refractivity contribution in [2.24, 2.45) is 0 Å². The largest absolute Gasteiger partial charge is 0.480 e. The lowest BCUT2D eigenvalue weighted by Gasteiger charge is -2.13. The van der Waals surface area contributed by atoms with Gasteiger partial charge in [0.2, 0.25) is 10.0 Å². The third kappa shape index (κ3) is 3.69. The summed E-state index contributed by atoms with van der Waals surface area (Å²) in [5, 5.41) is 8.87. The van der Waals surface area contributed by atoms with Crippen LogP contribution in [0.5, 0.6) is 0 Å². The molecule has 7 nitrogen and oxygen atoms in total. The second-order valence-electron chi connectivity index (χ2n) is 3.81. The number of hydrogen-bond donors (Lipinski definition) is 2. The van der Waals surface area contributed by atoms with E-state index in [-0.39, 0.29) is 10.6 Å². The molecule has 0 saturated carbocycles. The molecule has 0 bridgehead atoms. The minimum absolute atomic E-state index is 0.149. The topological polar surface area (TPSA) is 110 Å². The number of hydrogen-bond acceptors (Lipinski definition) is 5. The molecule has 0 aromatic heterocycles. The summed E-state index contributed by atoms with van der Waals surface area (Å²) in [6.45, 7) is 1.16. The molecule has 0 radical (unpaired) electrons. The summed E-state index contributed by atoms with van der Waals surface area (Å²) in [7, 11) is -3.11. The lowest BCUT2D eigenvalue weighted by Crippen LogP contribution is -2.38. The third-order valence-corrected chi connectivity index (χ3v) is 4.17. The maximum absolute atomic E-state index is 12.1. The van der Waals surface area contributed by atoms with Gasteiger partial charge in [-0.1, -0.05) is 11.6 Å². The number of carboxylic acid groups (broad SMARTS) is 1. The van der Waals surface area contributed by atoms with Gasteiger partial charge >= 0.3 is 11.9 Å². The van der Waals surface area contributed by atoms with Crippen LogP contribution in [-0.2, 0) is 19.6 Å². The number of rotatable bonds is 5. The van der Waals surface area contributed by atoms with Crippen molar-refractivity contribution in [3.8, 4) is 0 Å². The Morgan fingerprint density at radius 3 is 2.50 bits per heavy atom. The molecule has 20 heavy (non-hydrogen) atoms. The fourth-order valence-corrected chi connectivity index (χ4v) is 2.90. The molecular weight excluding hydrogens is 310 g/mol. The van der Waals surface area contributed by atoms with Crippen molar-refractivity contribution in [1.29, 1.82) is 0 Å². The molecule has 9 heteroatoms. The van der Waals surface area contributed by atoms with E-state index in [1.165, 1.54) is 6.07 Å². The van der Waals surface area contributed by atoms with Crippen LogP contribution < -0.4 is 4.72 Å². The van der Waals surface area contributed by atoms with E-state index < -0.39 is 32.9 Å². The van der Waals surface area contributed by atoms with Crippen molar-refractivity contribution < 1.29 is 27.9 Å². The van der Waals surface area contributed by atoms with Crippen LogP contribution in [0, 0.1) is 0 Å². The minimum Gasteiger partial charge on any atom is -0.480 e. The summed E-state index contributed by atoms with van der Waals surface area (Å²) in [5.74, 6) is -2.24. The second-order valence-corrected chi connectivity index (χ2v) is 5.93. The highest BCUT2D eigenvalue weighted by atomic mass is 35.5. The quantitative estimate of drug-likeness (QED) is 0.779. The summed E-state index contributed by atoms with van der Waals surface area (Å²) in [6, 6.07) is 2.16. The number of carboxylic acids is 1. The molecule has 0 saturated heterocycles. The highest BCUT2D eigenvalue weighted by molar-refractivity contribution is 7.89. The molecule has 1 atom stereocenters. The molecule has 0 amide bonds. The number of methoxy groups -OCH3 is 1. The molecule has 0 aliphatic carbocycles. The molecule has 0 fully saturated rings. The summed E-state index contributed by atoms with van der Waals surface area (Å²) in [5.41, 5.74) is -0.273. The van der Waals surface area contributed by atoms with E-state index in [0.29, 0.717) is 0 Å². The van der Waals surface area contributed by atoms with Gasteiger partial charge in [0.25, 0.3) is 0 Å². The van der Waals surface area contributed by atoms with Gasteiger partial charge in [-0.25, -0.2) is 13.2 Å². The second kappa shape index (κ2) is 6.21. The minimum atomic E-state index is -4.20. The van der Waals surface area contributed by atoms with Crippen LogP contribution in [0.4, 0.5) is 0 Å². The van der Waals surface area contributed by atoms with Crippen LogP contribution in [0.15, 0.2) is 23.1 Å². The molecule has 0 aliphatic heterocycles. The Kier molecular flexibility index (Phi) is 5.09. The van der Waals surface area contributed by atoms with Gasteiger partial charge in [-0.2, -0.15) is 4.72 Å². The van der Waals surface area contributed by atoms with Crippen LogP contribution in [0.2, 0.25) is 5.02 Å². The van der Waals surface area contributed by atoms with E-state index in [1.54, 1.807) is 0 Å². The van der Waals surface area contributed by atoms with Gasteiger partial charge in [0, 0.05) is 5.02 Å². The summed E-state index contributed by atoms with van der Waals surface area (Å²) < 4.78 is 30.6. The van der Waals surface area contributed by atoms with E-state index in [0.717, 1.165) is 26.2 Å². The van der Waals surface area contributed by atoms with Gasteiger partial charge in [-0.15, -0.1) is 0 Å². The van der Waals surface area contributed by atoms with Gasteiger partial charge in [0.05, 0.1) is 17.6 Å². The highest BCUT2D eigenvalue weighted by Crippen LogP contribution is 2.21. The van der Waals surface area contributed by atoms with Gasteiger partial charge < -0.3 is 9.84 Å². The number of carbonyl (C=O) groups is 2. The number of halogens is 1. The zero-order valence-corrected chi connectivity index (χ0v) is 12.2. The monoisotopic (exact) mass is 321 g/mol. The smallest absolute Gasteiger partial charge is 0.339 e. The summed E-state index contributed by atoms with van der Waals surface area (Å²) in [4.78, 5) is 21.9. The first-order valence-corrected chi connectivity index (χ1v) is 7.18. The summed E-state index contributed by atoms with van der Waals surface area (Å²) in [6.07, 6.45) is 0. The van der Waals surface area contributed by atoms with Gasteiger partial charge in [-0.05, 0) is 25.1 Å². The van der Waals surface area contributed by atoms with Crippen LogP contribution in [0.25, 0.3) is 0 Å². The van der Waals surface area contributed by atoms with Gasteiger partial charge in [0.15, 0.2) is 0 Å². The fraction of sp³-hybridized carbons (Fsp3) is 0.273. The number of nitrogens with one attached hydrogen (secondary N) is 1. The first-order chi connectivity index (χ1) is 9.19. The van der Waals surface area contributed by atoms with Gasteiger partial charge in [0.1, 0.15) is 6.04 Å². The number of sulfonamides is 1. The molecule has 0 aliphatic rings. The Labute approximate surface area is 120 Å². The zero-order chi connectivity index (χ0) is 15.5. The normalized spacial score (nSPS) is 12.8. The molecular formula is C11H12ClNO6S. The third-order valence-electron chi connectivity index (χ3n) is 2.34. The molecule has 1 aromatic carbocycles. The first kappa shape index (κ1) is 16.4. The zero-order valence-electron chi connectivity index (χ0n) is 10.6. The lowest BCUT2D eigenvalue weighted by atomic mass is 10.2. The van der Waals surface area contributed by atoms with Crippen molar-refractivity contribution in [2.75, 3.05) is 7.11 Å².